The van der Waals surface area contributed by atoms with Crippen LogP contribution in [-0.4, -0.2) is 15.0 Å². The standard InChI is InChI=1S/C12H22N2S/c1-9(2)5-10(3)14-8-12(7-13-14)6-11(4)15/h7-11,15H,5-6H2,1-4H3. The first-order valence-electron chi connectivity index (χ1n) is 5.70. The second-order valence-electron chi connectivity index (χ2n) is 4.86. The van der Waals surface area contributed by atoms with Crippen molar-refractivity contribution in [2.24, 2.45) is 5.92 Å². The summed E-state index contributed by atoms with van der Waals surface area (Å²) < 4.78 is 2.07. The molecule has 0 aliphatic heterocycles. The van der Waals surface area contributed by atoms with Crippen LogP contribution in [0.2, 0.25) is 0 Å². The van der Waals surface area contributed by atoms with Crippen LogP contribution < -0.4 is 0 Å². The van der Waals surface area contributed by atoms with Gasteiger partial charge in [-0.2, -0.15) is 17.7 Å². The van der Waals surface area contributed by atoms with Crippen LogP contribution in [0.25, 0.3) is 0 Å². The summed E-state index contributed by atoms with van der Waals surface area (Å²) in [5.74, 6) is 0.719. The zero-order valence-electron chi connectivity index (χ0n) is 10.1. The third kappa shape index (κ3) is 4.29. The fraction of sp³-hybridized carbons (Fsp3) is 0.750. The molecular weight excluding hydrogens is 204 g/mol. The van der Waals surface area contributed by atoms with Gasteiger partial charge in [-0.1, -0.05) is 20.8 Å². The van der Waals surface area contributed by atoms with Crippen molar-refractivity contribution in [1.82, 2.24) is 9.78 Å². The van der Waals surface area contributed by atoms with Crippen molar-refractivity contribution >= 4 is 12.6 Å². The highest BCUT2D eigenvalue weighted by Crippen LogP contribution is 2.17. The number of nitrogens with zero attached hydrogens (tertiary/aromatic N) is 2. The summed E-state index contributed by atoms with van der Waals surface area (Å²) in [4.78, 5) is 0. The molecule has 0 N–H and O–H groups in total. The first-order valence-corrected chi connectivity index (χ1v) is 6.21. The quantitative estimate of drug-likeness (QED) is 0.762. The predicted octanol–water partition coefficient (Wildman–Crippen LogP) is 3.35. The van der Waals surface area contributed by atoms with Crippen molar-refractivity contribution in [1.29, 1.82) is 0 Å². The fourth-order valence-corrected chi connectivity index (χ4v) is 2.07. The lowest BCUT2D eigenvalue weighted by Crippen LogP contribution is -2.08. The average Bonchev–Trinajstić information content (AvgIpc) is 2.50. The van der Waals surface area contributed by atoms with Gasteiger partial charge in [-0.3, -0.25) is 4.68 Å². The van der Waals surface area contributed by atoms with Crippen molar-refractivity contribution in [3.05, 3.63) is 18.0 Å². The Morgan fingerprint density at radius 3 is 2.53 bits per heavy atom. The van der Waals surface area contributed by atoms with Crippen LogP contribution in [-0.2, 0) is 6.42 Å². The second kappa shape index (κ2) is 5.59. The van der Waals surface area contributed by atoms with Crippen LogP contribution in [0.1, 0.15) is 45.7 Å². The van der Waals surface area contributed by atoms with E-state index >= 15 is 0 Å². The molecule has 86 valence electrons. The number of aromatic nitrogens is 2. The van der Waals surface area contributed by atoms with Crippen LogP contribution in [0, 0.1) is 5.92 Å². The Kier molecular flexibility index (Phi) is 4.71. The number of thiol groups is 1. The summed E-state index contributed by atoms with van der Waals surface area (Å²) in [5, 5.41) is 4.81. The molecule has 0 radical (unpaired) electrons. The molecule has 1 aromatic heterocycles. The highest BCUT2D eigenvalue weighted by atomic mass is 32.1. The molecule has 0 saturated heterocycles. The molecule has 2 atom stereocenters. The highest BCUT2D eigenvalue weighted by Gasteiger charge is 2.09. The Morgan fingerprint density at radius 1 is 1.33 bits per heavy atom. The molecule has 0 aromatic carbocycles. The van der Waals surface area contributed by atoms with E-state index in [2.05, 4.69) is 56.3 Å². The summed E-state index contributed by atoms with van der Waals surface area (Å²) in [5.41, 5.74) is 1.29. The van der Waals surface area contributed by atoms with Crippen LogP contribution in [0.15, 0.2) is 12.4 Å². The van der Waals surface area contributed by atoms with Crippen molar-refractivity contribution in [3.8, 4) is 0 Å². The molecule has 1 rings (SSSR count). The van der Waals surface area contributed by atoms with E-state index in [0.717, 1.165) is 12.3 Å². The first-order chi connectivity index (χ1) is 6.99. The molecule has 0 amide bonds. The van der Waals surface area contributed by atoms with E-state index in [1.165, 1.54) is 12.0 Å². The van der Waals surface area contributed by atoms with E-state index in [0.29, 0.717) is 11.3 Å². The van der Waals surface area contributed by atoms with E-state index < -0.39 is 0 Å². The fourth-order valence-electron chi connectivity index (χ4n) is 1.86. The van der Waals surface area contributed by atoms with Gasteiger partial charge in [0.25, 0.3) is 0 Å². The van der Waals surface area contributed by atoms with E-state index in [1.54, 1.807) is 0 Å². The van der Waals surface area contributed by atoms with Crippen LogP contribution in [0.3, 0.4) is 0 Å². The van der Waals surface area contributed by atoms with E-state index in [1.807, 2.05) is 6.20 Å². The molecule has 0 aliphatic carbocycles. The lowest BCUT2D eigenvalue weighted by Gasteiger charge is -2.14. The maximum absolute atomic E-state index is 4.40. The van der Waals surface area contributed by atoms with Gasteiger partial charge in [-0.05, 0) is 31.2 Å². The van der Waals surface area contributed by atoms with Crippen LogP contribution in [0.4, 0.5) is 0 Å². The van der Waals surface area contributed by atoms with Crippen LogP contribution >= 0.6 is 12.6 Å². The summed E-state index contributed by atoms with van der Waals surface area (Å²) in [6, 6.07) is 0.494. The number of hydrogen-bond acceptors (Lipinski definition) is 2. The van der Waals surface area contributed by atoms with Crippen molar-refractivity contribution in [2.45, 2.75) is 51.8 Å². The third-order valence-corrected chi connectivity index (χ3v) is 2.63. The minimum atomic E-state index is 0.406. The molecule has 2 unspecified atom stereocenters. The largest absolute Gasteiger partial charge is 0.270 e. The molecule has 0 aliphatic rings. The Bertz CT molecular complexity index is 292. The van der Waals surface area contributed by atoms with Gasteiger partial charge in [0.2, 0.25) is 0 Å². The number of hydrogen-bond donors (Lipinski definition) is 1. The van der Waals surface area contributed by atoms with Crippen molar-refractivity contribution in [3.63, 3.8) is 0 Å². The van der Waals surface area contributed by atoms with Gasteiger partial charge < -0.3 is 0 Å². The lowest BCUT2D eigenvalue weighted by molar-refractivity contribution is 0.398. The maximum atomic E-state index is 4.40. The first kappa shape index (κ1) is 12.6. The lowest BCUT2D eigenvalue weighted by atomic mass is 10.1. The molecule has 0 spiro atoms. The smallest absolute Gasteiger partial charge is 0.0522 e. The van der Waals surface area contributed by atoms with E-state index in [9.17, 15) is 0 Å². The topological polar surface area (TPSA) is 17.8 Å². The molecule has 15 heavy (non-hydrogen) atoms. The summed E-state index contributed by atoms with van der Waals surface area (Å²) in [7, 11) is 0. The molecule has 1 aromatic rings. The van der Waals surface area contributed by atoms with Crippen molar-refractivity contribution in [2.75, 3.05) is 0 Å². The summed E-state index contributed by atoms with van der Waals surface area (Å²) >= 11 is 4.39. The molecule has 0 bridgehead atoms. The Labute approximate surface area is 98.5 Å². The third-order valence-electron chi connectivity index (χ3n) is 2.45. The normalized spacial score (nSPS) is 15.6. The predicted molar refractivity (Wildman–Crippen MR) is 68.5 cm³/mol. The van der Waals surface area contributed by atoms with Gasteiger partial charge in [0.15, 0.2) is 0 Å². The van der Waals surface area contributed by atoms with Crippen LogP contribution in [0.5, 0.6) is 0 Å². The molecule has 0 fully saturated rings. The minimum absolute atomic E-state index is 0.406. The van der Waals surface area contributed by atoms with Gasteiger partial charge in [-0.25, -0.2) is 0 Å². The molecule has 0 saturated carbocycles. The van der Waals surface area contributed by atoms with Crippen molar-refractivity contribution < 1.29 is 0 Å². The molecule has 3 heteroatoms. The van der Waals surface area contributed by atoms with E-state index in [4.69, 9.17) is 0 Å². The highest BCUT2D eigenvalue weighted by molar-refractivity contribution is 7.80. The number of rotatable bonds is 5. The van der Waals surface area contributed by atoms with Gasteiger partial charge in [0, 0.05) is 17.5 Å². The monoisotopic (exact) mass is 226 g/mol. The zero-order valence-corrected chi connectivity index (χ0v) is 11.0. The Hall–Kier alpha value is -0.440. The van der Waals surface area contributed by atoms with Gasteiger partial charge in [-0.15, -0.1) is 0 Å². The summed E-state index contributed by atoms with van der Waals surface area (Å²) in [6.45, 7) is 8.83. The SMILES string of the molecule is CC(C)CC(C)n1cc(CC(C)S)cn1. The Balaban J connectivity index is 2.58. The zero-order chi connectivity index (χ0) is 11.4. The second-order valence-corrected chi connectivity index (χ2v) is 5.74. The van der Waals surface area contributed by atoms with Gasteiger partial charge >= 0.3 is 0 Å². The average molecular weight is 226 g/mol. The van der Waals surface area contributed by atoms with Gasteiger partial charge in [0.1, 0.15) is 0 Å². The minimum Gasteiger partial charge on any atom is -0.270 e. The molecular formula is C12H22N2S. The Morgan fingerprint density at radius 2 is 2.00 bits per heavy atom. The van der Waals surface area contributed by atoms with Gasteiger partial charge in [0.05, 0.1) is 6.20 Å². The maximum Gasteiger partial charge on any atom is 0.0522 e. The molecule has 1 heterocycles. The van der Waals surface area contributed by atoms with E-state index in [-0.39, 0.29) is 0 Å². The molecule has 2 nitrogen and oxygen atoms in total. The summed E-state index contributed by atoms with van der Waals surface area (Å²) in [6.07, 6.45) is 6.29.